The number of para-hydroxylation sites is 1. The number of nitrogens with one attached hydrogen (secondary N) is 1. The Balaban J connectivity index is 2.15. The van der Waals surface area contributed by atoms with Gasteiger partial charge in [0, 0.05) is 16.6 Å². The number of aryl methyl sites for hydroxylation is 2. The minimum Gasteiger partial charge on any atom is -0.450 e. The Bertz CT molecular complexity index is 816. The number of benzene rings is 1. The van der Waals surface area contributed by atoms with Crippen LogP contribution in [0.2, 0.25) is 0 Å². The maximum Gasteiger partial charge on any atom is 0.301 e. The molecule has 108 valence electrons. The fourth-order valence-corrected chi connectivity index (χ4v) is 2.49. The Labute approximate surface area is 121 Å². The van der Waals surface area contributed by atoms with Crippen molar-refractivity contribution in [3.8, 4) is 0 Å². The zero-order valence-corrected chi connectivity index (χ0v) is 11.9. The molecule has 0 saturated heterocycles. The van der Waals surface area contributed by atoms with Crippen molar-refractivity contribution in [1.29, 1.82) is 0 Å². The van der Waals surface area contributed by atoms with E-state index in [2.05, 4.69) is 10.5 Å². The van der Waals surface area contributed by atoms with Crippen molar-refractivity contribution in [2.45, 2.75) is 20.4 Å². The van der Waals surface area contributed by atoms with Gasteiger partial charge < -0.3 is 4.42 Å². The molecule has 21 heavy (non-hydrogen) atoms. The van der Waals surface area contributed by atoms with E-state index in [1.807, 2.05) is 48.9 Å². The predicted octanol–water partition coefficient (Wildman–Crippen LogP) is 1.90. The van der Waals surface area contributed by atoms with Crippen molar-refractivity contribution >= 4 is 16.9 Å². The van der Waals surface area contributed by atoms with Gasteiger partial charge in [-0.15, -0.1) is 0 Å². The highest BCUT2D eigenvalue weighted by molar-refractivity contribution is 5.98. The Kier molecular flexibility index (Phi) is 3.23. The lowest BCUT2D eigenvalue weighted by Gasteiger charge is -2.05. The number of fused-ring (bicyclic) bond motifs is 1. The number of nitrogens with zero attached hydrogens (tertiary/aromatic N) is 2. The van der Waals surface area contributed by atoms with Crippen molar-refractivity contribution in [1.82, 2.24) is 15.2 Å². The third kappa shape index (κ3) is 2.30. The van der Waals surface area contributed by atoms with Crippen molar-refractivity contribution in [3.63, 3.8) is 0 Å². The Morgan fingerprint density at radius 2 is 2.14 bits per heavy atom. The van der Waals surface area contributed by atoms with E-state index < -0.39 is 5.91 Å². The zero-order valence-electron chi connectivity index (χ0n) is 11.9. The van der Waals surface area contributed by atoms with Gasteiger partial charge in [0.05, 0.1) is 12.2 Å². The van der Waals surface area contributed by atoms with Crippen molar-refractivity contribution < 1.29 is 9.21 Å². The molecule has 0 atom stereocenters. The first kappa shape index (κ1) is 13.4. The van der Waals surface area contributed by atoms with Crippen LogP contribution in [0.1, 0.15) is 27.5 Å². The molecule has 3 rings (SSSR count). The lowest BCUT2D eigenvalue weighted by atomic mass is 10.1. The summed E-state index contributed by atoms with van der Waals surface area (Å²) < 4.78 is 7.48. The number of furan rings is 1. The third-order valence-electron chi connectivity index (χ3n) is 3.45. The molecule has 0 spiro atoms. The van der Waals surface area contributed by atoms with Crippen LogP contribution in [0.15, 0.2) is 34.7 Å². The highest BCUT2D eigenvalue weighted by atomic mass is 16.3. The molecule has 1 amide bonds. The summed E-state index contributed by atoms with van der Waals surface area (Å²) in [6, 6.07) is 9.52. The molecule has 0 aliphatic rings. The lowest BCUT2D eigenvalue weighted by molar-refractivity contribution is 0.0926. The molecule has 0 bridgehead atoms. The van der Waals surface area contributed by atoms with Crippen LogP contribution in [0.3, 0.4) is 0 Å². The van der Waals surface area contributed by atoms with Crippen molar-refractivity contribution in [2.75, 3.05) is 0 Å². The molecule has 3 aromatic rings. The number of hydrogen-bond acceptors (Lipinski definition) is 4. The van der Waals surface area contributed by atoms with Gasteiger partial charge in [-0.1, -0.05) is 18.2 Å². The summed E-state index contributed by atoms with van der Waals surface area (Å²) in [5.41, 5.74) is 5.52. The normalized spacial score (nSPS) is 11.0. The van der Waals surface area contributed by atoms with E-state index in [0.717, 1.165) is 22.3 Å². The minimum absolute atomic E-state index is 0.228. The third-order valence-corrected chi connectivity index (χ3v) is 3.45. The standard InChI is InChI=1S/C15H16N4O2/c1-9-7-10(2)19(18-9)8-12-11-5-3-4-6-13(11)21-14(12)15(20)17-16/h3-7H,8,16H2,1-2H3,(H,17,20). The Morgan fingerprint density at radius 1 is 1.38 bits per heavy atom. The maximum atomic E-state index is 11.9. The molecule has 6 nitrogen and oxygen atoms in total. The van der Waals surface area contributed by atoms with E-state index in [1.54, 1.807) is 0 Å². The van der Waals surface area contributed by atoms with Gasteiger partial charge in [-0.3, -0.25) is 14.9 Å². The van der Waals surface area contributed by atoms with Gasteiger partial charge in [-0.05, 0) is 26.0 Å². The van der Waals surface area contributed by atoms with E-state index in [0.29, 0.717) is 12.1 Å². The molecule has 0 radical (unpaired) electrons. The largest absolute Gasteiger partial charge is 0.450 e. The molecule has 6 heteroatoms. The van der Waals surface area contributed by atoms with E-state index >= 15 is 0 Å². The number of rotatable bonds is 3. The van der Waals surface area contributed by atoms with Gasteiger partial charge in [0.2, 0.25) is 0 Å². The number of nitrogens with two attached hydrogens (primary N) is 1. The van der Waals surface area contributed by atoms with Gasteiger partial charge in [-0.2, -0.15) is 5.10 Å². The Morgan fingerprint density at radius 3 is 2.81 bits per heavy atom. The van der Waals surface area contributed by atoms with E-state index in [9.17, 15) is 4.79 Å². The SMILES string of the molecule is Cc1cc(C)n(Cc2c(C(=O)NN)oc3ccccc23)n1. The lowest BCUT2D eigenvalue weighted by Crippen LogP contribution is -2.30. The number of amides is 1. The molecular formula is C15H16N4O2. The molecular weight excluding hydrogens is 268 g/mol. The van der Waals surface area contributed by atoms with Gasteiger partial charge in [0.15, 0.2) is 5.76 Å². The highest BCUT2D eigenvalue weighted by Crippen LogP contribution is 2.27. The van der Waals surface area contributed by atoms with Crippen LogP contribution in [0, 0.1) is 13.8 Å². The summed E-state index contributed by atoms with van der Waals surface area (Å²) >= 11 is 0. The monoisotopic (exact) mass is 284 g/mol. The second kappa shape index (κ2) is 5.06. The van der Waals surface area contributed by atoms with Crippen LogP contribution >= 0.6 is 0 Å². The smallest absolute Gasteiger partial charge is 0.301 e. The first-order chi connectivity index (χ1) is 10.1. The summed E-state index contributed by atoms with van der Waals surface area (Å²) in [7, 11) is 0. The van der Waals surface area contributed by atoms with Crippen molar-refractivity contribution in [2.24, 2.45) is 5.84 Å². The summed E-state index contributed by atoms with van der Waals surface area (Å²) in [4.78, 5) is 11.9. The van der Waals surface area contributed by atoms with Crippen molar-refractivity contribution in [3.05, 3.63) is 53.0 Å². The highest BCUT2D eigenvalue weighted by Gasteiger charge is 2.20. The first-order valence-electron chi connectivity index (χ1n) is 6.62. The van der Waals surface area contributed by atoms with Crippen LogP contribution in [-0.4, -0.2) is 15.7 Å². The first-order valence-corrected chi connectivity index (χ1v) is 6.62. The van der Waals surface area contributed by atoms with Gasteiger partial charge in [0.1, 0.15) is 5.58 Å². The Hall–Kier alpha value is -2.60. The average molecular weight is 284 g/mol. The average Bonchev–Trinajstić information content (AvgIpc) is 2.99. The van der Waals surface area contributed by atoms with E-state index in [-0.39, 0.29) is 5.76 Å². The molecule has 0 fully saturated rings. The maximum absolute atomic E-state index is 11.9. The van der Waals surface area contributed by atoms with Gasteiger partial charge >= 0.3 is 5.91 Å². The number of aromatic nitrogens is 2. The molecule has 0 saturated carbocycles. The topological polar surface area (TPSA) is 86.1 Å². The quantitative estimate of drug-likeness (QED) is 0.437. The second-order valence-corrected chi connectivity index (χ2v) is 4.96. The second-order valence-electron chi connectivity index (χ2n) is 4.96. The van der Waals surface area contributed by atoms with Gasteiger partial charge in [0.25, 0.3) is 0 Å². The van der Waals surface area contributed by atoms with Crippen LogP contribution in [0.25, 0.3) is 11.0 Å². The molecule has 0 aliphatic heterocycles. The number of carbonyl (C=O) groups excluding carboxylic acids is 1. The predicted molar refractivity (Wildman–Crippen MR) is 78.7 cm³/mol. The van der Waals surface area contributed by atoms with E-state index in [4.69, 9.17) is 10.3 Å². The number of nitrogen functional groups attached to an aromatic ring is 1. The molecule has 2 heterocycles. The fourth-order valence-electron chi connectivity index (χ4n) is 2.49. The molecule has 2 aromatic heterocycles. The zero-order chi connectivity index (χ0) is 15.0. The molecule has 0 aliphatic carbocycles. The number of hydrogen-bond donors (Lipinski definition) is 2. The van der Waals surface area contributed by atoms with Crippen LogP contribution in [-0.2, 0) is 6.54 Å². The molecule has 3 N–H and O–H groups in total. The minimum atomic E-state index is -0.442. The molecule has 0 unspecified atom stereocenters. The van der Waals surface area contributed by atoms with Crippen LogP contribution in [0.5, 0.6) is 0 Å². The molecule has 1 aromatic carbocycles. The fraction of sp³-hybridized carbons (Fsp3) is 0.200. The van der Waals surface area contributed by atoms with Gasteiger partial charge in [-0.25, -0.2) is 5.84 Å². The summed E-state index contributed by atoms with van der Waals surface area (Å²) in [5, 5.41) is 5.32. The summed E-state index contributed by atoms with van der Waals surface area (Å²) in [5.74, 6) is 5.03. The van der Waals surface area contributed by atoms with E-state index in [1.165, 1.54) is 0 Å². The summed E-state index contributed by atoms with van der Waals surface area (Å²) in [6.07, 6.45) is 0. The number of carbonyl (C=O) groups is 1. The van der Waals surface area contributed by atoms with Crippen LogP contribution < -0.4 is 11.3 Å². The summed E-state index contributed by atoms with van der Waals surface area (Å²) in [6.45, 7) is 4.37. The van der Waals surface area contributed by atoms with Crippen LogP contribution in [0.4, 0.5) is 0 Å². The number of hydrazine groups is 1.